The first kappa shape index (κ1) is 13.4. The molecule has 0 fully saturated rings. The Morgan fingerprint density at radius 3 is 2.57 bits per heavy atom. The second kappa shape index (κ2) is 5.10. The van der Waals surface area contributed by atoms with E-state index < -0.39 is 0 Å². The fourth-order valence-corrected chi connectivity index (χ4v) is 2.64. The van der Waals surface area contributed by atoms with Gasteiger partial charge in [0.25, 0.3) is 0 Å². The van der Waals surface area contributed by atoms with E-state index in [-0.39, 0.29) is 11.2 Å². The standard InChI is InChI=1S/C14H11FN4OS/c1-8-6-12(20)11(13-17-18-14(16)21-13)7-19(8)10-4-2-9(15)3-5-10/h2-7H,1H3,(H2,16,18). The van der Waals surface area contributed by atoms with Crippen molar-refractivity contribution in [2.45, 2.75) is 6.92 Å². The van der Waals surface area contributed by atoms with Crippen molar-refractivity contribution < 1.29 is 4.39 Å². The van der Waals surface area contributed by atoms with Crippen molar-refractivity contribution in [3.8, 4) is 16.3 Å². The van der Waals surface area contributed by atoms with Crippen LogP contribution in [0.4, 0.5) is 9.52 Å². The number of pyridine rings is 1. The minimum absolute atomic E-state index is 0.151. The Hall–Kier alpha value is -2.54. The van der Waals surface area contributed by atoms with Gasteiger partial charge in [-0.1, -0.05) is 11.3 Å². The Bertz CT molecular complexity index is 854. The summed E-state index contributed by atoms with van der Waals surface area (Å²) in [6.07, 6.45) is 1.67. The summed E-state index contributed by atoms with van der Waals surface area (Å²) in [5.74, 6) is -0.311. The molecule has 0 aliphatic heterocycles. The molecule has 3 aromatic rings. The smallest absolute Gasteiger partial charge is 0.203 e. The second-order valence-corrected chi connectivity index (χ2v) is 5.49. The molecule has 0 spiro atoms. The number of hydrogen-bond acceptors (Lipinski definition) is 5. The molecule has 0 radical (unpaired) electrons. The van der Waals surface area contributed by atoms with Gasteiger partial charge in [0.2, 0.25) is 5.13 Å². The topological polar surface area (TPSA) is 73.8 Å². The molecule has 3 rings (SSSR count). The lowest BCUT2D eigenvalue weighted by Crippen LogP contribution is -2.11. The normalized spacial score (nSPS) is 10.8. The number of hydrogen-bond donors (Lipinski definition) is 1. The molecule has 2 heterocycles. The minimum atomic E-state index is -0.311. The lowest BCUT2D eigenvalue weighted by molar-refractivity contribution is 0.627. The third-order valence-corrected chi connectivity index (χ3v) is 3.81. The summed E-state index contributed by atoms with van der Waals surface area (Å²) >= 11 is 1.15. The Morgan fingerprint density at radius 2 is 1.95 bits per heavy atom. The van der Waals surface area contributed by atoms with Crippen LogP contribution in [0.5, 0.6) is 0 Å². The van der Waals surface area contributed by atoms with Crippen LogP contribution in [0.3, 0.4) is 0 Å². The molecule has 0 aliphatic carbocycles. The maximum Gasteiger partial charge on any atom is 0.203 e. The van der Waals surface area contributed by atoms with E-state index in [1.165, 1.54) is 18.2 Å². The highest BCUT2D eigenvalue weighted by molar-refractivity contribution is 7.18. The monoisotopic (exact) mass is 302 g/mol. The fraction of sp³-hybridized carbons (Fsp3) is 0.0714. The minimum Gasteiger partial charge on any atom is -0.374 e. The van der Waals surface area contributed by atoms with Gasteiger partial charge < -0.3 is 10.3 Å². The molecule has 2 aromatic heterocycles. The number of nitrogens with two attached hydrogens (primary N) is 1. The number of anilines is 1. The molecular formula is C14H11FN4OS. The quantitative estimate of drug-likeness (QED) is 0.789. The van der Waals surface area contributed by atoms with Gasteiger partial charge in [-0.2, -0.15) is 0 Å². The maximum atomic E-state index is 13.0. The fourth-order valence-electron chi connectivity index (χ4n) is 2.02. The molecule has 21 heavy (non-hydrogen) atoms. The highest BCUT2D eigenvalue weighted by Gasteiger charge is 2.12. The van der Waals surface area contributed by atoms with Gasteiger partial charge in [-0.05, 0) is 31.2 Å². The number of nitrogen functional groups attached to an aromatic ring is 1. The molecule has 0 saturated carbocycles. The van der Waals surface area contributed by atoms with E-state index in [1.54, 1.807) is 22.9 Å². The Labute approximate surface area is 123 Å². The zero-order valence-corrected chi connectivity index (χ0v) is 11.9. The predicted octanol–water partition coefficient (Wildman–Crippen LogP) is 2.39. The average molecular weight is 302 g/mol. The molecular weight excluding hydrogens is 291 g/mol. The molecule has 0 bridgehead atoms. The van der Waals surface area contributed by atoms with Gasteiger partial charge in [-0.15, -0.1) is 10.2 Å². The van der Waals surface area contributed by atoms with E-state index in [9.17, 15) is 9.18 Å². The van der Waals surface area contributed by atoms with Crippen LogP contribution in [0.2, 0.25) is 0 Å². The summed E-state index contributed by atoms with van der Waals surface area (Å²) in [5.41, 5.74) is 7.32. The van der Waals surface area contributed by atoms with Gasteiger partial charge in [0, 0.05) is 23.6 Å². The highest BCUT2D eigenvalue weighted by Crippen LogP contribution is 2.23. The largest absolute Gasteiger partial charge is 0.374 e. The van der Waals surface area contributed by atoms with E-state index in [4.69, 9.17) is 5.73 Å². The summed E-state index contributed by atoms with van der Waals surface area (Å²) in [6, 6.07) is 7.54. The first-order valence-corrected chi connectivity index (χ1v) is 6.95. The highest BCUT2D eigenvalue weighted by atomic mass is 32.1. The lowest BCUT2D eigenvalue weighted by Gasteiger charge is -2.11. The maximum absolute atomic E-state index is 13.0. The van der Waals surface area contributed by atoms with Crippen LogP contribution in [-0.2, 0) is 0 Å². The third kappa shape index (κ3) is 2.55. The SMILES string of the molecule is Cc1cc(=O)c(-c2nnc(N)s2)cn1-c1ccc(F)cc1. The number of aryl methyl sites for hydroxylation is 1. The number of benzene rings is 1. The van der Waals surface area contributed by atoms with Crippen molar-refractivity contribution in [1.82, 2.24) is 14.8 Å². The molecule has 106 valence electrons. The molecule has 7 heteroatoms. The number of halogens is 1. The van der Waals surface area contributed by atoms with E-state index in [1.807, 2.05) is 6.92 Å². The summed E-state index contributed by atoms with van der Waals surface area (Å²) < 4.78 is 14.8. The lowest BCUT2D eigenvalue weighted by atomic mass is 10.2. The van der Waals surface area contributed by atoms with Crippen LogP contribution >= 0.6 is 11.3 Å². The van der Waals surface area contributed by atoms with Gasteiger partial charge in [0.05, 0.1) is 5.56 Å². The zero-order chi connectivity index (χ0) is 15.0. The van der Waals surface area contributed by atoms with Crippen LogP contribution < -0.4 is 11.2 Å². The van der Waals surface area contributed by atoms with Gasteiger partial charge in [0.1, 0.15) is 5.82 Å². The van der Waals surface area contributed by atoms with Crippen LogP contribution in [0, 0.1) is 12.7 Å². The molecule has 2 N–H and O–H groups in total. The zero-order valence-electron chi connectivity index (χ0n) is 11.1. The van der Waals surface area contributed by atoms with E-state index in [0.29, 0.717) is 15.7 Å². The van der Waals surface area contributed by atoms with Crippen molar-refractivity contribution >= 4 is 16.5 Å². The molecule has 0 amide bonds. The Morgan fingerprint density at radius 1 is 1.24 bits per heavy atom. The van der Waals surface area contributed by atoms with Crippen LogP contribution in [0.15, 0.2) is 41.3 Å². The first-order valence-electron chi connectivity index (χ1n) is 6.13. The van der Waals surface area contributed by atoms with Gasteiger partial charge in [-0.25, -0.2) is 4.39 Å². The van der Waals surface area contributed by atoms with Crippen LogP contribution in [0.1, 0.15) is 5.69 Å². The Kier molecular flexibility index (Phi) is 3.26. The summed E-state index contributed by atoms with van der Waals surface area (Å²) in [4.78, 5) is 12.1. The number of rotatable bonds is 2. The van der Waals surface area contributed by atoms with Gasteiger partial charge in [-0.3, -0.25) is 4.79 Å². The van der Waals surface area contributed by atoms with Crippen molar-refractivity contribution in [2.75, 3.05) is 5.73 Å². The van der Waals surface area contributed by atoms with Crippen molar-refractivity contribution in [2.24, 2.45) is 0 Å². The predicted molar refractivity (Wildman–Crippen MR) is 80.0 cm³/mol. The molecule has 1 aromatic carbocycles. The van der Waals surface area contributed by atoms with Crippen molar-refractivity contribution in [3.05, 3.63) is 58.3 Å². The number of nitrogens with zero attached hydrogens (tertiary/aromatic N) is 3. The van der Waals surface area contributed by atoms with Crippen molar-refractivity contribution in [1.29, 1.82) is 0 Å². The van der Waals surface area contributed by atoms with Gasteiger partial charge in [0.15, 0.2) is 10.4 Å². The molecule has 0 unspecified atom stereocenters. The summed E-state index contributed by atoms with van der Waals surface area (Å²) in [7, 11) is 0. The summed E-state index contributed by atoms with van der Waals surface area (Å²) in [6.45, 7) is 1.81. The second-order valence-electron chi connectivity index (χ2n) is 4.48. The van der Waals surface area contributed by atoms with Gasteiger partial charge >= 0.3 is 0 Å². The molecule has 0 atom stereocenters. The average Bonchev–Trinajstić information content (AvgIpc) is 2.87. The van der Waals surface area contributed by atoms with E-state index in [2.05, 4.69) is 10.2 Å². The third-order valence-electron chi connectivity index (χ3n) is 3.02. The van der Waals surface area contributed by atoms with E-state index >= 15 is 0 Å². The van der Waals surface area contributed by atoms with Crippen LogP contribution in [0.25, 0.3) is 16.3 Å². The number of aromatic nitrogens is 3. The molecule has 5 nitrogen and oxygen atoms in total. The molecule has 0 saturated heterocycles. The first-order chi connectivity index (χ1) is 10.0. The van der Waals surface area contributed by atoms with Crippen LogP contribution in [-0.4, -0.2) is 14.8 Å². The Balaban J connectivity index is 2.18. The van der Waals surface area contributed by atoms with E-state index in [0.717, 1.165) is 22.7 Å². The summed E-state index contributed by atoms with van der Waals surface area (Å²) in [5, 5.41) is 8.38. The molecule has 0 aliphatic rings. The van der Waals surface area contributed by atoms with Crippen molar-refractivity contribution in [3.63, 3.8) is 0 Å².